The van der Waals surface area contributed by atoms with Crippen molar-refractivity contribution in [3.05, 3.63) is 30.1 Å². The first kappa shape index (κ1) is 21.8. The van der Waals surface area contributed by atoms with E-state index in [1.54, 1.807) is 0 Å². The van der Waals surface area contributed by atoms with E-state index in [-0.39, 0.29) is 37.2 Å². The van der Waals surface area contributed by atoms with Gasteiger partial charge < -0.3 is 15.2 Å². The number of hydrogen-bond acceptors (Lipinski definition) is 3. The van der Waals surface area contributed by atoms with E-state index in [0.29, 0.717) is 6.54 Å². The fraction of sp³-hybridized carbons (Fsp3) is 0.462. The Hall–Kier alpha value is -0.520. The lowest BCUT2D eigenvalue weighted by atomic mass is 10.3. The van der Waals surface area contributed by atoms with E-state index in [1.807, 2.05) is 6.07 Å². The average Bonchev–Trinajstić information content (AvgIpc) is 2.64. The molecule has 0 aliphatic rings. The monoisotopic (exact) mass is 340 g/mol. The van der Waals surface area contributed by atoms with Gasteiger partial charge in [-0.15, -0.1) is 37.2 Å². The highest BCUT2D eigenvalue weighted by Gasteiger charge is 2.09. The molecule has 0 unspecified atom stereocenters. The van der Waals surface area contributed by atoms with Crippen LogP contribution in [-0.4, -0.2) is 41.6 Å². The van der Waals surface area contributed by atoms with Crippen molar-refractivity contribution >= 4 is 48.3 Å². The fourth-order valence-electron chi connectivity index (χ4n) is 1.99. The molecule has 4 nitrogen and oxygen atoms in total. The third kappa shape index (κ3) is 5.11. The van der Waals surface area contributed by atoms with Crippen LogP contribution in [-0.2, 0) is 13.0 Å². The maximum atomic E-state index is 5.64. The Morgan fingerprint density at radius 2 is 1.80 bits per heavy atom. The third-order valence-corrected chi connectivity index (χ3v) is 2.87. The molecular formula is C13H23Cl3N4. The molecule has 0 radical (unpaired) electrons. The molecule has 7 heteroatoms. The number of halogens is 3. The summed E-state index contributed by atoms with van der Waals surface area (Å²) in [5, 5.41) is 0. The summed E-state index contributed by atoms with van der Waals surface area (Å²) in [4.78, 5) is 6.83. The predicted molar refractivity (Wildman–Crippen MR) is 92.8 cm³/mol. The van der Waals surface area contributed by atoms with Gasteiger partial charge >= 0.3 is 0 Å². The van der Waals surface area contributed by atoms with Crippen molar-refractivity contribution in [1.82, 2.24) is 14.5 Å². The Labute approximate surface area is 139 Å². The number of likely N-dealkylation sites (N-methyl/N-ethyl adjacent to an activating group) is 1. The Morgan fingerprint density at radius 3 is 2.40 bits per heavy atom. The molecule has 2 N–H and O–H groups in total. The minimum atomic E-state index is 0. The van der Waals surface area contributed by atoms with Crippen molar-refractivity contribution < 1.29 is 0 Å². The molecule has 20 heavy (non-hydrogen) atoms. The summed E-state index contributed by atoms with van der Waals surface area (Å²) < 4.78 is 2.28. The van der Waals surface area contributed by atoms with Gasteiger partial charge in [-0.3, -0.25) is 0 Å². The van der Waals surface area contributed by atoms with E-state index in [0.717, 1.165) is 30.9 Å². The highest BCUT2D eigenvalue weighted by Crippen LogP contribution is 2.16. The Kier molecular flexibility index (Phi) is 11.1. The number of nitrogens with zero attached hydrogens (tertiary/aromatic N) is 3. The van der Waals surface area contributed by atoms with Gasteiger partial charge in [0.1, 0.15) is 5.82 Å². The fourth-order valence-corrected chi connectivity index (χ4v) is 1.99. The topological polar surface area (TPSA) is 47.1 Å². The van der Waals surface area contributed by atoms with Crippen molar-refractivity contribution in [1.29, 1.82) is 0 Å². The lowest BCUT2D eigenvalue weighted by molar-refractivity contribution is 0.383. The number of fused-ring (bicyclic) bond motifs is 1. The van der Waals surface area contributed by atoms with E-state index < -0.39 is 0 Å². The number of rotatable bonds is 5. The first-order valence-corrected chi connectivity index (χ1v) is 6.01. The van der Waals surface area contributed by atoms with Gasteiger partial charge in [0, 0.05) is 19.5 Å². The standard InChI is InChI=1S/C13H20N4.3ClH/c1-16(2)9-10-17-12-6-4-3-5-11(12)15-13(17)7-8-14;;;/h3-6H,7-10,14H2,1-2H3;3*1H. The van der Waals surface area contributed by atoms with Crippen LogP contribution in [0.25, 0.3) is 11.0 Å². The quantitative estimate of drug-likeness (QED) is 0.908. The second kappa shape index (κ2) is 10.2. The maximum Gasteiger partial charge on any atom is 0.111 e. The molecule has 116 valence electrons. The minimum Gasteiger partial charge on any atom is -0.330 e. The smallest absolute Gasteiger partial charge is 0.111 e. The van der Waals surface area contributed by atoms with Gasteiger partial charge in [-0.25, -0.2) is 4.98 Å². The molecular weight excluding hydrogens is 319 g/mol. The summed E-state index contributed by atoms with van der Waals surface area (Å²) >= 11 is 0. The molecule has 2 rings (SSSR count). The van der Waals surface area contributed by atoms with Gasteiger partial charge in [0.25, 0.3) is 0 Å². The molecule has 1 aromatic carbocycles. The van der Waals surface area contributed by atoms with Gasteiger partial charge in [-0.05, 0) is 32.8 Å². The maximum absolute atomic E-state index is 5.64. The molecule has 0 spiro atoms. The number of aromatic nitrogens is 2. The first-order chi connectivity index (χ1) is 8.22. The normalized spacial score (nSPS) is 9.80. The van der Waals surface area contributed by atoms with E-state index in [9.17, 15) is 0 Å². The first-order valence-electron chi connectivity index (χ1n) is 6.01. The van der Waals surface area contributed by atoms with Crippen LogP contribution in [0.3, 0.4) is 0 Å². The minimum absolute atomic E-state index is 0. The van der Waals surface area contributed by atoms with Crippen LogP contribution in [0.4, 0.5) is 0 Å². The zero-order chi connectivity index (χ0) is 12.3. The zero-order valence-electron chi connectivity index (χ0n) is 11.8. The van der Waals surface area contributed by atoms with Crippen LogP contribution in [0.2, 0.25) is 0 Å². The van der Waals surface area contributed by atoms with Crippen LogP contribution in [0.1, 0.15) is 5.82 Å². The zero-order valence-corrected chi connectivity index (χ0v) is 14.2. The Balaban J connectivity index is 0. The molecule has 0 bridgehead atoms. The summed E-state index contributed by atoms with van der Waals surface area (Å²) in [6, 6.07) is 8.26. The molecule has 2 aromatic rings. The highest BCUT2D eigenvalue weighted by atomic mass is 35.5. The lowest BCUT2D eigenvalue weighted by Gasteiger charge is -2.13. The van der Waals surface area contributed by atoms with Crippen molar-refractivity contribution in [2.24, 2.45) is 5.73 Å². The molecule has 0 atom stereocenters. The van der Waals surface area contributed by atoms with E-state index in [4.69, 9.17) is 5.73 Å². The molecule has 0 aliphatic carbocycles. The average molecular weight is 342 g/mol. The van der Waals surface area contributed by atoms with Crippen LogP contribution in [0.15, 0.2) is 24.3 Å². The molecule has 0 saturated heterocycles. The van der Waals surface area contributed by atoms with Crippen molar-refractivity contribution in [3.8, 4) is 0 Å². The van der Waals surface area contributed by atoms with Crippen molar-refractivity contribution in [3.63, 3.8) is 0 Å². The Morgan fingerprint density at radius 1 is 1.15 bits per heavy atom. The third-order valence-electron chi connectivity index (χ3n) is 2.87. The van der Waals surface area contributed by atoms with Crippen LogP contribution >= 0.6 is 37.2 Å². The van der Waals surface area contributed by atoms with Gasteiger partial charge in [0.05, 0.1) is 11.0 Å². The van der Waals surface area contributed by atoms with Crippen molar-refractivity contribution in [2.75, 3.05) is 27.2 Å². The summed E-state index contributed by atoms with van der Waals surface area (Å²) in [5.74, 6) is 1.09. The van der Waals surface area contributed by atoms with Gasteiger partial charge in [0.2, 0.25) is 0 Å². The molecule has 0 saturated carbocycles. The summed E-state index contributed by atoms with van der Waals surface area (Å²) in [5.41, 5.74) is 7.91. The van der Waals surface area contributed by atoms with E-state index in [2.05, 4.69) is 46.7 Å². The molecule has 1 heterocycles. The summed E-state index contributed by atoms with van der Waals surface area (Å²) in [6.07, 6.45) is 0.835. The predicted octanol–water partition coefficient (Wildman–Crippen LogP) is 2.36. The second-order valence-corrected chi connectivity index (χ2v) is 4.51. The number of nitrogens with two attached hydrogens (primary N) is 1. The van der Waals surface area contributed by atoms with Gasteiger partial charge in [0.15, 0.2) is 0 Å². The summed E-state index contributed by atoms with van der Waals surface area (Å²) in [7, 11) is 4.17. The highest BCUT2D eigenvalue weighted by molar-refractivity contribution is 5.86. The van der Waals surface area contributed by atoms with Crippen molar-refractivity contribution in [2.45, 2.75) is 13.0 Å². The number of benzene rings is 1. The SMILES string of the molecule is CN(C)CCn1c(CCN)nc2ccccc21.Cl.Cl.Cl. The molecule has 0 fully saturated rings. The van der Waals surface area contributed by atoms with Crippen LogP contribution in [0, 0.1) is 0 Å². The van der Waals surface area contributed by atoms with E-state index in [1.165, 1.54) is 5.52 Å². The summed E-state index contributed by atoms with van der Waals surface area (Å²) in [6.45, 7) is 2.62. The second-order valence-electron chi connectivity index (χ2n) is 4.51. The number of imidazole rings is 1. The van der Waals surface area contributed by atoms with Gasteiger partial charge in [-0.1, -0.05) is 12.1 Å². The lowest BCUT2D eigenvalue weighted by Crippen LogP contribution is -2.20. The van der Waals surface area contributed by atoms with Gasteiger partial charge in [-0.2, -0.15) is 0 Å². The number of hydrogen-bond donors (Lipinski definition) is 1. The van der Waals surface area contributed by atoms with Crippen LogP contribution in [0.5, 0.6) is 0 Å². The number of para-hydroxylation sites is 2. The molecule has 0 amide bonds. The Bertz CT molecular complexity index is 499. The molecule has 1 aromatic heterocycles. The largest absolute Gasteiger partial charge is 0.330 e. The van der Waals surface area contributed by atoms with Crippen LogP contribution < -0.4 is 5.73 Å². The molecule has 0 aliphatic heterocycles. The van der Waals surface area contributed by atoms with E-state index >= 15 is 0 Å².